The Labute approximate surface area is 126 Å². The molecule has 0 amide bonds. The van der Waals surface area contributed by atoms with Gasteiger partial charge in [0.15, 0.2) is 0 Å². The summed E-state index contributed by atoms with van der Waals surface area (Å²) in [5.41, 5.74) is 3.23. The summed E-state index contributed by atoms with van der Waals surface area (Å²) >= 11 is 0. The topological polar surface area (TPSA) is 38.2 Å². The molecule has 2 aromatic heterocycles. The molecule has 0 fully saturated rings. The molecule has 2 aromatic rings. The molecule has 0 aliphatic rings. The zero-order valence-electron chi connectivity index (χ0n) is 13.0. The van der Waals surface area contributed by atoms with Crippen LogP contribution in [0.4, 0.5) is 0 Å². The Morgan fingerprint density at radius 1 is 1.19 bits per heavy atom. The Hall–Kier alpha value is -1.78. The van der Waals surface area contributed by atoms with Crippen LogP contribution in [0.25, 0.3) is 0 Å². The van der Waals surface area contributed by atoms with E-state index in [1.807, 2.05) is 37.4 Å². The fourth-order valence-electron chi connectivity index (χ4n) is 2.35. The number of rotatable bonds is 7. The van der Waals surface area contributed by atoms with Crippen LogP contribution < -0.4 is 0 Å². The van der Waals surface area contributed by atoms with Crippen molar-refractivity contribution in [3.05, 3.63) is 59.7 Å². The predicted octanol–water partition coefficient (Wildman–Crippen LogP) is 2.65. The van der Waals surface area contributed by atoms with E-state index in [1.54, 1.807) is 7.11 Å². The van der Waals surface area contributed by atoms with Gasteiger partial charge in [-0.2, -0.15) is 0 Å². The molecule has 4 heteroatoms. The smallest absolute Gasteiger partial charge is 0.0755 e. The normalized spacial score (nSPS) is 12.6. The highest BCUT2D eigenvalue weighted by Gasteiger charge is 2.17. The number of methoxy groups -OCH3 is 1. The van der Waals surface area contributed by atoms with Gasteiger partial charge in [-0.25, -0.2) is 0 Å². The molecule has 0 spiro atoms. The molecule has 0 saturated carbocycles. The van der Waals surface area contributed by atoms with Gasteiger partial charge in [-0.15, -0.1) is 0 Å². The van der Waals surface area contributed by atoms with Gasteiger partial charge in [0.05, 0.1) is 18.3 Å². The summed E-state index contributed by atoms with van der Waals surface area (Å²) in [4.78, 5) is 11.3. The van der Waals surface area contributed by atoms with Crippen molar-refractivity contribution >= 4 is 0 Å². The van der Waals surface area contributed by atoms with Gasteiger partial charge in [-0.1, -0.05) is 12.1 Å². The van der Waals surface area contributed by atoms with Crippen molar-refractivity contribution in [1.29, 1.82) is 0 Å². The number of aryl methyl sites for hydroxylation is 1. The molecule has 4 nitrogen and oxygen atoms in total. The van der Waals surface area contributed by atoms with Gasteiger partial charge in [0.1, 0.15) is 0 Å². The summed E-state index contributed by atoms with van der Waals surface area (Å²) in [5.74, 6) is 0. The number of aromatic nitrogens is 2. The molecule has 2 heterocycles. The lowest BCUT2D eigenvalue weighted by Crippen LogP contribution is -2.30. The highest BCUT2D eigenvalue weighted by atomic mass is 16.5. The van der Waals surface area contributed by atoms with Crippen molar-refractivity contribution in [2.75, 3.05) is 27.3 Å². The van der Waals surface area contributed by atoms with Crippen molar-refractivity contribution in [3.8, 4) is 0 Å². The third-order valence-electron chi connectivity index (χ3n) is 3.55. The monoisotopic (exact) mass is 285 g/mol. The average molecular weight is 285 g/mol. The molecule has 0 radical (unpaired) electrons. The standard InChI is InChI=1S/C17H23N3O/c1-14-7-6-8-15(19-14)10-12-20(2)17(13-21-3)16-9-4-5-11-18-16/h4-9,11,17H,10,12-13H2,1-3H3. The zero-order chi connectivity index (χ0) is 15.1. The zero-order valence-corrected chi connectivity index (χ0v) is 13.0. The van der Waals surface area contributed by atoms with Gasteiger partial charge in [-0.05, 0) is 38.2 Å². The molecule has 1 unspecified atom stereocenters. The minimum Gasteiger partial charge on any atom is -0.383 e. The van der Waals surface area contributed by atoms with E-state index in [9.17, 15) is 0 Å². The van der Waals surface area contributed by atoms with Crippen molar-refractivity contribution in [1.82, 2.24) is 14.9 Å². The lowest BCUT2D eigenvalue weighted by molar-refractivity contribution is 0.104. The van der Waals surface area contributed by atoms with Crippen LogP contribution in [0.5, 0.6) is 0 Å². The largest absolute Gasteiger partial charge is 0.383 e. The first-order valence-electron chi connectivity index (χ1n) is 7.23. The van der Waals surface area contributed by atoms with Gasteiger partial charge in [-0.3, -0.25) is 14.9 Å². The maximum atomic E-state index is 5.35. The number of ether oxygens (including phenoxy) is 1. The van der Waals surface area contributed by atoms with E-state index in [1.165, 1.54) is 0 Å². The first-order chi connectivity index (χ1) is 10.2. The molecular formula is C17H23N3O. The van der Waals surface area contributed by atoms with E-state index < -0.39 is 0 Å². The van der Waals surface area contributed by atoms with Crippen molar-refractivity contribution in [2.45, 2.75) is 19.4 Å². The van der Waals surface area contributed by atoms with Gasteiger partial charge in [0, 0.05) is 37.7 Å². The summed E-state index contributed by atoms with van der Waals surface area (Å²) in [6, 6.07) is 12.3. The number of hydrogen-bond acceptors (Lipinski definition) is 4. The molecule has 0 bridgehead atoms. The molecule has 0 aromatic carbocycles. The second kappa shape index (κ2) is 7.86. The minimum absolute atomic E-state index is 0.168. The van der Waals surface area contributed by atoms with Gasteiger partial charge >= 0.3 is 0 Å². The van der Waals surface area contributed by atoms with Crippen LogP contribution in [0.3, 0.4) is 0 Å². The Kier molecular flexibility index (Phi) is 5.84. The number of likely N-dealkylation sites (N-methyl/N-ethyl adjacent to an activating group) is 1. The second-order valence-electron chi connectivity index (χ2n) is 5.23. The van der Waals surface area contributed by atoms with Gasteiger partial charge in [0.2, 0.25) is 0 Å². The molecule has 2 rings (SSSR count). The first-order valence-corrected chi connectivity index (χ1v) is 7.23. The molecule has 0 aliphatic carbocycles. The van der Waals surface area contributed by atoms with Crippen molar-refractivity contribution in [2.24, 2.45) is 0 Å². The van der Waals surface area contributed by atoms with E-state index >= 15 is 0 Å². The maximum Gasteiger partial charge on any atom is 0.0755 e. The summed E-state index contributed by atoms with van der Waals surface area (Å²) in [6.07, 6.45) is 2.75. The molecule has 112 valence electrons. The van der Waals surface area contributed by atoms with Crippen LogP contribution in [0, 0.1) is 6.92 Å². The average Bonchev–Trinajstić information content (AvgIpc) is 2.51. The first kappa shape index (κ1) is 15.6. The molecule has 0 aliphatic heterocycles. The summed E-state index contributed by atoms with van der Waals surface area (Å²) in [7, 11) is 3.83. The fraction of sp³-hybridized carbons (Fsp3) is 0.412. The Morgan fingerprint density at radius 2 is 2.05 bits per heavy atom. The number of pyridine rings is 2. The lowest BCUT2D eigenvalue weighted by atomic mass is 10.1. The van der Waals surface area contributed by atoms with E-state index in [2.05, 4.69) is 34.0 Å². The Bertz CT molecular complexity index is 545. The van der Waals surface area contributed by atoms with Crippen LogP contribution in [-0.2, 0) is 11.2 Å². The summed E-state index contributed by atoms with van der Waals surface area (Å²) in [6.45, 7) is 3.57. The van der Waals surface area contributed by atoms with E-state index in [0.29, 0.717) is 6.61 Å². The lowest BCUT2D eigenvalue weighted by Gasteiger charge is -2.27. The third kappa shape index (κ3) is 4.62. The highest BCUT2D eigenvalue weighted by Crippen LogP contribution is 2.17. The quantitative estimate of drug-likeness (QED) is 0.784. The summed E-state index contributed by atoms with van der Waals surface area (Å²) < 4.78 is 5.35. The molecule has 1 atom stereocenters. The maximum absolute atomic E-state index is 5.35. The van der Waals surface area contributed by atoms with Crippen LogP contribution in [0.2, 0.25) is 0 Å². The minimum atomic E-state index is 0.168. The number of nitrogens with zero attached hydrogens (tertiary/aromatic N) is 3. The molecule has 0 N–H and O–H groups in total. The third-order valence-corrected chi connectivity index (χ3v) is 3.55. The summed E-state index contributed by atoms with van der Waals surface area (Å²) in [5, 5.41) is 0. The van der Waals surface area contributed by atoms with Gasteiger partial charge < -0.3 is 4.74 Å². The molecule has 21 heavy (non-hydrogen) atoms. The van der Waals surface area contributed by atoms with E-state index in [4.69, 9.17) is 4.74 Å². The highest BCUT2D eigenvalue weighted by molar-refractivity contribution is 5.11. The van der Waals surface area contributed by atoms with Crippen molar-refractivity contribution < 1.29 is 4.74 Å². The SMILES string of the molecule is COCC(c1ccccn1)N(C)CCc1cccc(C)n1. The Morgan fingerprint density at radius 3 is 2.71 bits per heavy atom. The van der Waals surface area contributed by atoms with E-state index in [-0.39, 0.29) is 6.04 Å². The van der Waals surface area contributed by atoms with Crippen LogP contribution in [-0.4, -0.2) is 42.2 Å². The Balaban J connectivity index is 2.00. The van der Waals surface area contributed by atoms with Gasteiger partial charge in [0.25, 0.3) is 0 Å². The second-order valence-corrected chi connectivity index (χ2v) is 5.23. The predicted molar refractivity (Wildman–Crippen MR) is 84.2 cm³/mol. The fourth-order valence-corrected chi connectivity index (χ4v) is 2.35. The number of hydrogen-bond donors (Lipinski definition) is 0. The van der Waals surface area contributed by atoms with Crippen molar-refractivity contribution in [3.63, 3.8) is 0 Å². The van der Waals surface area contributed by atoms with Crippen LogP contribution >= 0.6 is 0 Å². The molecular weight excluding hydrogens is 262 g/mol. The molecule has 0 saturated heterocycles. The van der Waals surface area contributed by atoms with E-state index in [0.717, 1.165) is 30.0 Å². The van der Waals surface area contributed by atoms with Crippen LogP contribution in [0.15, 0.2) is 42.6 Å². The van der Waals surface area contributed by atoms with Crippen LogP contribution in [0.1, 0.15) is 23.1 Å².